The van der Waals surface area contributed by atoms with E-state index in [0.717, 1.165) is 32.6 Å². The van der Waals surface area contributed by atoms with E-state index in [2.05, 4.69) is 23.5 Å². The molecule has 1 heterocycles. The molecule has 1 aromatic heterocycles. The van der Waals surface area contributed by atoms with Gasteiger partial charge in [0.15, 0.2) is 0 Å². The molecular formula is C12H23N3O. The van der Waals surface area contributed by atoms with Gasteiger partial charge in [-0.15, -0.1) is 0 Å². The van der Waals surface area contributed by atoms with Crippen molar-refractivity contribution in [1.29, 1.82) is 0 Å². The third kappa shape index (κ3) is 4.77. The molecule has 92 valence electrons. The second kappa shape index (κ2) is 7.41. The van der Waals surface area contributed by atoms with Gasteiger partial charge in [-0.3, -0.25) is 4.68 Å². The molecule has 1 N–H and O–H groups in total. The number of aromatic nitrogens is 2. The van der Waals surface area contributed by atoms with Crippen molar-refractivity contribution in [3.63, 3.8) is 0 Å². The molecule has 1 rings (SSSR count). The molecule has 0 amide bonds. The van der Waals surface area contributed by atoms with E-state index in [4.69, 9.17) is 4.74 Å². The summed E-state index contributed by atoms with van der Waals surface area (Å²) in [6, 6.07) is 0.376. The summed E-state index contributed by atoms with van der Waals surface area (Å²) in [5, 5.41) is 7.64. The lowest BCUT2D eigenvalue weighted by Gasteiger charge is -2.11. The van der Waals surface area contributed by atoms with Gasteiger partial charge in [0, 0.05) is 38.1 Å². The lowest BCUT2D eigenvalue weighted by Crippen LogP contribution is -2.19. The van der Waals surface area contributed by atoms with Crippen LogP contribution in [0.4, 0.5) is 0 Å². The van der Waals surface area contributed by atoms with Crippen LogP contribution in [0, 0.1) is 0 Å². The van der Waals surface area contributed by atoms with Crippen molar-refractivity contribution in [1.82, 2.24) is 15.1 Å². The van der Waals surface area contributed by atoms with E-state index in [-0.39, 0.29) is 0 Å². The molecule has 1 unspecified atom stereocenters. The Hall–Kier alpha value is -0.870. The van der Waals surface area contributed by atoms with Gasteiger partial charge in [0.25, 0.3) is 0 Å². The standard InChI is InChI=1S/C12H23N3O/c1-4-16-8-6-5-7-13-11(2)12-9-14-15(3)10-12/h9-11,13H,4-8H2,1-3H3. The van der Waals surface area contributed by atoms with Gasteiger partial charge < -0.3 is 10.1 Å². The predicted molar refractivity (Wildman–Crippen MR) is 65.4 cm³/mol. The predicted octanol–water partition coefficient (Wildman–Crippen LogP) is 1.89. The van der Waals surface area contributed by atoms with Crippen LogP contribution in [-0.4, -0.2) is 29.5 Å². The summed E-state index contributed by atoms with van der Waals surface area (Å²) in [7, 11) is 1.94. The second-order valence-corrected chi connectivity index (χ2v) is 4.03. The lowest BCUT2D eigenvalue weighted by atomic mass is 10.2. The first kappa shape index (κ1) is 13.2. The van der Waals surface area contributed by atoms with Gasteiger partial charge in [-0.1, -0.05) is 0 Å². The molecule has 1 aromatic rings. The average molecular weight is 225 g/mol. The molecule has 1 atom stereocenters. The first-order valence-corrected chi connectivity index (χ1v) is 6.03. The smallest absolute Gasteiger partial charge is 0.0537 e. The molecular weight excluding hydrogens is 202 g/mol. The lowest BCUT2D eigenvalue weighted by molar-refractivity contribution is 0.143. The maximum Gasteiger partial charge on any atom is 0.0537 e. The molecule has 0 spiro atoms. The largest absolute Gasteiger partial charge is 0.382 e. The van der Waals surface area contributed by atoms with Gasteiger partial charge in [-0.2, -0.15) is 5.10 Å². The Kier molecular flexibility index (Phi) is 6.11. The maximum atomic E-state index is 5.29. The number of hydrogen-bond acceptors (Lipinski definition) is 3. The molecule has 0 fully saturated rings. The number of hydrogen-bond donors (Lipinski definition) is 1. The third-order valence-electron chi connectivity index (χ3n) is 2.59. The van der Waals surface area contributed by atoms with Gasteiger partial charge >= 0.3 is 0 Å². The molecule has 0 aromatic carbocycles. The number of unbranched alkanes of at least 4 members (excludes halogenated alkanes) is 1. The summed E-state index contributed by atoms with van der Waals surface area (Å²) in [5.41, 5.74) is 1.24. The number of aryl methyl sites for hydroxylation is 1. The van der Waals surface area contributed by atoms with Crippen LogP contribution in [0.5, 0.6) is 0 Å². The molecule has 0 saturated carbocycles. The van der Waals surface area contributed by atoms with Crippen LogP contribution >= 0.6 is 0 Å². The summed E-state index contributed by atoms with van der Waals surface area (Å²) >= 11 is 0. The van der Waals surface area contributed by atoms with Crippen LogP contribution in [0.15, 0.2) is 12.4 Å². The number of ether oxygens (including phenoxy) is 1. The van der Waals surface area contributed by atoms with E-state index >= 15 is 0 Å². The Morgan fingerprint density at radius 2 is 2.31 bits per heavy atom. The monoisotopic (exact) mass is 225 g/mol. The van der Waals surface area contributed by atoms with Gasteiger partial charge in [-0.25, -0.2) is 0 Å². The van der Waals surface area contributed by atoms with E-state index in [9.17, 15) is 0 Å². The van der Waals surface area contributed by atoms with E-state index in [1.54, 1.807) is 0 Å². The van der Waals surface area contributed by atoms with Crippen molar-refractivity contribution < 1.29 is 4.74 Å². The Morgan fingerprint density at radius 1 is 1.50 bits per heavy atom. The highest BCUT2D eigenvalue weighted by atomic mass is 16.5. The minimum Gasteiger partial charge on any atom is -0.382 e. The van der Waals surface area contributed by atoms with Crippen molar-refractivity contribution in [3.8, 4) is 0 Å². The molecule has 0 radical (unpaired) electrons. The van der Waals surface area contributed by atoms with E-state index in [1.165, 1.54) is 5.56 Å². The van der Waals surface area contributed by atoms with Crippen LogP contribution < -0.4 is 5.32 Å². The van der Waals surface area contributed by atoms with Gasteiger partial charge in [0.05, 0.1) is 6.20 Å². The van der Waals surface area contributed by atoms with E-state index < -0.39 is 0 Å². The van der Waals surface area contributed by atoms with Crippen molar-refractivity contribution >= 4 is 0 Å². The zero-order valence-electron chi connectivity index (χ0n) is 10.6. The minimum atomic E-state index is 0.376. The molecule has 0 saturated heterocycles. The summed E-state index contributed by atoms with van der Waals surface area (Å²) in [4.78, 5) is 0. The van der Waals surface area contributed by atoms with Crippen molar-refractivity contribution in [2.75, 3.05) is 19.8 Å². The van der Waals surface area contributed by atoms with Gasteiger partial charge in [-0.05, 0) is 33.2 Å². The van der Waals surface area contributed by atoms with Crippen molar-refractivity contribution in [3.05, 3.63) is 18.0 Å². The molecule has 0 aliphatic heterocycles. The van der Waals surface area contributed by atoms with Crippen LogP contribution in [-0.2, 0) is 11.8 Å². The third-order valence-corrected chi connectivity index (χ3v) is 2.59. The Morgan fingerprint density at radius 3 is 2.94 bits per heavy atom. The van der Waals surface area contributed by atoms with Gasteiger partial charge in [0.1, 0.15) is 0 Å². The summed E-state index contributed by atoms with van der Waals surface area (Å²) in [6.07, 6.45) is 6.25. The number of rotatable bonds is 8. The SMILES string of the molecule is CCOCCCCNC(C)c1cnn(C)c1. The molecule has 4 nitrogen and oxygen atoms in total. The van der Waals surface area contributed by atoms with E-state index in [0.29, 0.717) is 6.04 Å². The summed E-state index contributed by atoms with van der Waals surface area (Å²) < 4.78 is 7.12. The maximum absolute atomic E-state index is 5.29. The minimum absolute atomic E-state index is 0.376. The van der Waals surface area contributed by atoms with Crippen LogP contribution in [0.3, 0.4) is 0 Å². The number of nitrogens with zero attached hydrogens (tertiary/aromatic N) is 2. The zero-order chi connectivity index (χ0) is 11.8. The van der Waals surface area contributed by atoms with Crippen LogP contribution in [0.2, 0.25) is 0 Å². The topological polar surface area (TPSA) is 39.1 Å². The molecule has 4 heteroatoms. The molecule has 0 bridgehead atoms. The van der Waals surface area contributed by atoms with Crippen molar-refractivity contribution in [2.45, 2.75) is 32.7 Å². The summed E-state index contributed by atoms with van der Waals surface area (Å²) in [6.45, 7) is 6.92. The molecule has 0 aliphatic rings. The zero-order valence-corrected chi connectivity index (χ0v) is 10.6. The van der Waals surface area contributed by atoms with Crippen LogP contribution in [0.25, 0.3) is 0 Å². The average Bonchev–Trinajstić information content (AvgIpc) is 2.70. The van der Waals surface area contributed by atoms with Crippen molar-refractivity contribution in [2.24, 2.45) is 7.05 Å². The molecule has 16 heavy (non-hydrogen) atoms. The Balaban J connectivity index is 2.09. The number of nitrogens with one attached hydrogen (secondary N) is 1. The highest BCUT2D eigenvalue weighted by Gasteiger charge is 2.05. The highest BCUT2D eigenvalue weighted by Crippen LogP contribution is 2.09. The first-order chi connectivity index (χ1) is 7.74. The first-order valence-electron chi connectivity index (χ1n) is 6.03. The quantitative estimate of drug-likeness (QED) is 0.687. The highest BCUT2D eigenvalue weighted by molar-refractivity contribution is 5.08. The second-order valence-electron chi connectivity index (χ2n) is 4.03. The fraction of sp³-hybridized carbons (Fsp3) is 0.750. The van der Waals surface area contributed by atoms with Gasteiger partial charge in [0.2, 0.25) is 0 Å². The Bertz CT molecular complexity index is 286. The fourth-order valence-electron chi connectivity index (χ4n) is 1.57. The van der Waals surface area contributed by atoms with E-state index in [1.807, 2.05) is 24.9 Å². The fourth-order valence-corrected chi connectivity index (χ4v) is 1.57. The summed E-state index contributed by atoms with van der Waals surface area (Å²) in [5.74, 6) is 0. The Labute approximate surface area is 98.0 Å². The normalized spacial score (nSPS) is 12.9. The molecule has 0 aliphatic carbocycles. The van der Waals surface area contributed by atoms with Crippen LogP contribution in [0.1, 0.15) is 38.3 Å².